The average Bonchev–Trinajstić information content (AvgIpc) is 3.57. The molecule has 2 saturated heterocycles. The average molecular weight is 542 g/mol. The summed E-state index contributed by atoms with van der Waals surface area (Å²) in [5.74, 6) is -1.67. The fourth-order valence-electron chi connectivity index (χ4n) is 7.25. The van der Waals surface area contributed by atoms with Crippen LogP contribution in [0.3, 0.4) is 0 Å². The quantitative estimate of drug-likeness (QED) is 0.511. The number of carbonyl (C=O) groups is 3. The molecule has 7 atom stereocenters. The highest BCUT2D eigenvalue weighted by Gasteiger charge is 2.72. The van der Waals surface area contributed by atoms with Gasteiger partial charge < -0.3 is 20.3 Å². The third-order valence-electron chi connectivity index (χ3n) is 9.41. The van der Waals surface area contributed by atoms with Crippen molar-refractivity contribution in [2.24, 2.45) is 17.8 Å². The molecule has 1 spiro atoms. The molecule has 6 rings (SSSR count). The van der Waals surface area contributed by atoms with Gasteiger partial charge in [-0.15, -0.1) is 0 Å². The molecular formula is C33H39N3O4. The summed E-state index contributed by atoms with van der Waals surface area (Å²) in [5.41, 5.74) is 2.85. The van der Waals surface area contributed by atoms with Crippen LogP contribution in [0.4, 0.5) is 5.69 Å². The van der Waals surface area contributed by atoms with E-state index >= 15 is 0 Å². The van der Waals surface area contributed by atoms with Gasteiger partial charge in [0.2, 0.25) is 17.7 Å². The second-order valence-corrected chi connectivity index (χ2v) is 12.2. The molecule has 2 bridgehead atoms. The van der Waals surface area contributed by atoms with Crippen molar-refractivity contribution in [2.75, 3.05) is 11.9 Å². The van der Waals surface area contributed by atoms with Crippen LogP contribution in [0, 0.1) is 31.6 Å². The molecule has 7 heteroatoms. The zero-order chi connectivity index (χ0) is 28.0. The summed E-state index contributed by atoms with van der Waals surface area (Å²) in [7, 11) is 0. The number of likely N-dealkylation sites (tertiary alicyclic amines) is 1. The van der Waals surface area contributed by atoms with Crippen LogP contribution in [-0.2, 0) is 25.5 Å². The van der Waals surface area contributed by atoms with Gasteiger partial charge in [0.25, 0.3) is 0 Å². The molecule has 3 heterocycles. The van der Waals surface area contributed by atoms with E-state index in [0.717, 1.165) is 30.4 Å². The summed E-state index contributed by atoms with van der Waals surface area (Å²) >= 11 is 0. The molecule has 3 fully saturated rings. The minimum absolute atomic E-state index is 0.0775. The van der Waals surface area contributed by atoms with Crippen molar-refractivity contribution in [1.29, 1.82) is 0 Å². The molecular weight excluding hydrogens is 502 g/mol. The second-order valence-electron chi connectivity index (χ2n) is 12.2. The van der Waals surface area contributed by atoms with Gasteiger partial charge in [-0.25, -0.2) is 0 Å². The van der Waals surface area contributed by atoms with Gasteiger partial charge in [-0.1, -0.05) is 73.9 Å². The number of anilines is 1. The maximum Gasteiger partial charge on any atom is 0.246 e. The number of rotatable bonds is 7. The fraction of sp³-hybridized carbons (Fsp3) is 0.485. The summed E-state index contributed by atoms with van der Waals surface area (Å²) < 4.78 is 6.50. The normalized spacial score (nSPS) is 32.3. The molecule has 1 saturated carbocycles. The van der Waals surface area contributed by atoms with Crippen molar-refractivity contribution >= 4 is 23.4 Å². The Hall–Kier alpha value is -3.45. The molecule has 1 aliphatic carbocycles. The number of carbonyl (C=O) groups excluding carboxylic acids is 3. The summed E-state index contributed by atoms with van der Waals surface area (Å²) in [6, 6.07) is 15.1. The van der Waals surface area contributed by atoms with Crippen molar-refractivity contribution in [3.05, 3.63) is 77.4 Å². The van der Waals surface area contributed by atoms with Crippen molar-refractivity contribution in [3.8, 4) is 0 Å². The molecule has 4 aliphatic rings. The predicted octanol–water partition coefficient (Wildman–Crippen LogP) is 4.33. The lowest BCUT2D eigenvalue weighted by Gasteiger charge is -2.36. The first-order valence-corrected chi connectivity index (χ1v) is 14.7. The SMILES string of the molecule is Cc1ccc(CCN2C(=O)[C@@H]3C(C(=O)Nc4cccc(C)c4)[C@@H]4C=CC3(O4)C2C(=O)NC2CCCCC2C)cc1. The number of hydrogen-bond donors (Lipinski definition) is 2. The second kappa shape index (κ2) is 10.5. The van der Waals surface area contributed by atoms with Crippen molar-refractivity contribution in [2.45, 2.75) is 76.7 Å². The van der Waals surface area contributed by atoms with Crippen molar-refractivity contribution in [3.63, 3.8) is 0 Å². The topological polar surface area (TPSA) is 87.7 Å². The molecule has 3 aliphatic heterocycles. The molecule has 2 aromatic rings. The largest absolute Gasteiger partial charge is 0.359 e. The van der Waals surface area contributed by atoms with Gasteiger partial charge in [0.05, 0.1) is 17.9 Å². The number of amides is 3. The van der Waals surface area contributed by atoms with Crippen LogP contribution in [0.5, 0.6) is 0 Å². The Morgan fingerprint density at radius 2 is 1.80 bits per heavy atom. The smallest absolute Gasteiger partial charge is 0.246 e. The first kappa shape index (κ1) is 26.8. The van der Waals surface area contributed by atoms with E-state index in [9.17, 15) is 14.4 Å². The van der Waals surface area contributed by atoms with E-state index in [1.165, 1.54) is 12.0 Å². The number of aryl methyl sites for hydroxylation is 2. The summed E-state index contributed by atoms with van der Waals surface area (Å²) in [5, 5.41) is 6.31. The molecule has 0 aromatic heterocycles. The molecule has 0 radical (unpaired) electrons. The standard InChI is InChI=1S/C33H39N3O4/c1-20-11-13-23(14-12-20)16-18-36-29(31(38)35-25-10-5-4-8-22(25)3)33-17-15-26(40-33)27(28(33)32(36)39)30(37)34-24-9-6-7-21(2)19-24/h6-7,9,11-15,17,19,22,25-29H,4-5,8,10,16,18H2,1-3H3,(H,34,37)(H,35,38)/t22?,25?,26-,27?,28-,29?,33?/m0/s1. The highest BCUT2D eigenvalue weighted by Crippen LogP contribution is 2.55. The lowest BCUT2D eigenvalue weighted by atomic mass is 9.74. The third-order valence-corrected chi connectivity index (χ3v) is 9.41. The van der Waals surface area contributed by atoms with E-state index < -0.39 is 29.6 Å². The van der Waals surface area contributed by atoms with Crippen LogP contribution in [0.15, 0.2) is 60.7 Å². The maximum atomic E-state index is 14.2. The molecule has 2 aromatic carbocycles. The van der Waals surface area contributed by atoms with Crippen LogP contribution in [0.2, 0.25) is 0 Å². The minimum Gasteiger partial charge on any atom is -0.359 e. The maximum absolute atomic E-state index is 14.2. The first-order valence-electron chi connectivity index (χ1n) is 14.7. The van der Waals surface area contributed by atoms with Gasteiger partial charge in [0.15, 0.2) is 0 Å². The molecule has 5 unspecified atom stereocenters. The van der Waals surface area contributed by atoms with Gasteiger partial charge in [-0.05, 0) is 62.3 Å². The highest BCUT2D eigenvalue weighted by molar-refractivity contribution is 6.02. The molecule has 3 amide bonds. The van der Waals surface area contributed by atoms with Gasteiger partial charge in [0.1, 0.15) is 11.6 Å². The molecule has 40 heavy (non-hydrogen) atoms. The first-order chi connectivity index (χ1) is 19.3. The fourth-order valence-corrected chi connectivity index (χ4v) is 7.25. The number of fused-ring (bicyclic) bond motifs is 1. The minimum atomic E-state index is -1.15. The summed E-state index contributed by atoms with van der Waals surface area (Å²) in [6.07, 6.45) is 8.12. The molecule has 210 valence electrons. The predicted molar refractivity (Wildman–Crippen MR) is 153 cm³/mol. The van der Waals surface area contributed by atoms with Crippen molar-refractivity contribution in [1.82, 2.24) is 10.2 Å². The van der Waals surface area contributed by atoms with E-state index in [1.807, 2.05) is 50.3 Å². The van der Waals surface area contributed by atoms with E-state index in [2.05, 4.69) is 41.8 Å². The van der Waals surface area contributed by atoms with Gasteiger partial charge in [0, 0.05) is 18.3 Å². The Balaban J connectivity index is 1.30. The zero-order valence-corrected chi connectivity index (χ0v) is 23.6. The van der Waals surface area contributed by atoms with E-state index in [-0.39, 0.29) is 23.8 Å². The van der Waals surface area contributed by atoms with Crippen LogP contribution >= 0.6 is 0 Å². The Morgan fingerprint density at radius 1 is 1.02 bits per heavy atom. The lowest BCUT2D eigenvalue weighted by Crippen LogP contribution is -2.57. The van der Waals surface area contributed by atoms with Gasteiger partial charge in [-0.3, -0.25) is 14.4 Å². The zero-order valence-electron chi connectivity index (χ0n) is 23.6. The van der Waals surface area contributed by atoms with E-state index in [0.29, 0.717) is 24.6 Å². The van der Waals surface area contributed by atoms with Crippen LogP contribution in [0.25, 0.3) is 0 Å². The summed E-state index contributed by atoms with van der Waals surface area (Å²) in [6.45, 7) is 6.58. The Bertz CT molecular complexity index is 1340. The van der Waals surface area contributed by atoms with Crippen molar-refractivity contribution < 1.29 is 19.1 Å². The van der Waals surface area contributed by atoms with Crippen LogP contribution < -0.4 is 10.6 Å². The van der Waals surface area contributed by atoms with Gasteiger partial charge >= 0.3 is 0 Å². The molecule has 2 N–H and O–H groups in total. The number of ether oxygens (including phenoxy) is 1. The number of nitrogens with one attached hydrogen (secondary N) is 2. The highest BCUT2D eigenvalue weighted by atomic mass is 16.5. The Kier molecular flexibility index (Phi) is 7.03. The van der Waals surface area contributed by atoms with E-state index in [4.69, 9.17) is 4.74 Å². The number of benzene rings is 2. The number of hydrogen-bond acceptors (Lipinski definition) is 4. The van der Waals surface area contributed by atoms with E-state index in [1.54, 1.807) is 4.90 Å². The van der Waals surface area contributed by atoms with Crippen LogP contribution in [-0.4, -0.2) is 53.0 Å². The van der Waals surface area contributed by atoms with Gasteiger partial charge in [-0.2, -0.15) is 0 Å². The van der Waals surface area contributed by atoms with Crippen LogP contribution in [0.1, 0.15) is 49.3 Å². The molecule has 7 nitrogen and oxygen atoms in total. The monoisotopic (exact) mass is 541 g/mol. The lowest BCUT2D eigenvalue weighted by molar-refractivity contribution is -0.141. The third kappa shape index (κ3) is 4.64. The Morgan fingerprint density at radius 3 is 2.55 bits per heavy atom. The number of nitrogens with zero attached hydrogens (tertiary/aromatic N) is 1. The summed E-state index contributed by atoms with van der Waals surface area (Å²) in [4.78, 5) is 43.6. The Labute approximate surface area is 236 Å².